The standard InChI is InChI=1S/C24H27N3O5/c1-16(28)27-24-25-14-17(15-26-24)8-9-19(13-23(29)31-3)18-10-11-21(30-2)22(12-18)32-20-6-4-5-7-20/h10-12,14-15,19-20H,4-7,13H2,1-3H3,(H,25,26,27,28). The maximum absolute atomic E-state index is 12.0. The van der Waals surface area contributed by atoms with E-state index in [1.165, 1.54) is 26.4 Å². The minimum Gasteiger partial charge on any atom is -0.493 e. The van der Waals surface area contributed by atoms with E-state index in [2.05, 4.69) is 27.1 Å². The summed E-state index contributed by atoms with van der Waals surface area (Å²) in [6.45, 7) is 1.38. The molecule has 1 aromatic heterocycles. The molecule has 1 aliphatic carbocycles. The molecule has 1 fully saturated rings. The van der Waals surface area contributed by atoms with Crippen LogP contribution in [0.15, 0.2) is 30.6 Å². The molecule has 32 heavy (non-hydrogen) atoms. The third-order valence-electron chi connectivity index (χ3n) is 5.11. The molecule has 3 rings (SSSR count). The fourth-order valence-electron chi connectivity index (χ4n) is 3.48. The van der Waals surface area contributed by atoms with Crippen molar-refractivity contribution in [3.05, 3.63) is 41.7 Å². The molecule has 1 heterocycles. The van der Waals surface area contributed by atoms with E-state index in [1.807, 2.05) is 18.2 Å². The molecule has 1 atom stereocenters. The van der Waals surface area contributed by atoms with Crippen molar-refractivity contribution in [1.29, 1.82) is 0 Å². The number of anilines is 1. The van der Waals surface area contributed by atoms with Crippen LogP contribution in [-0.2, 0) is 14.3 Å². The summed E-state index contributed by atoms with van der Waals surface area (Å²) in [5.41, 5.74) is 1.39. The van der Waals surface area contributed by atoms with Crippen molar-refractivity contribution in [2.24, 2.45) is 0 Å². The van der Waals surface area contributed by atoms with E-state index in [-0.39, 0.29) is 30.3 Å². The van der Waals surface area contributed by atoms with Gasteiger partial charge in [-0.1, -0.05) is 17.9 Å². The highest BCUT2D eigenvalue weighted by Crippen LogP contribution is 2.35. The minimum atomic E-state index is -0.422. The predicted octanol–water partition coefficient (Wildman–Crippen LogP) is 3.46. The topological polar surface area (TPSA) is 99.6 Å². The second-order valence-electron chi connectivity index (χ2n) is 7.51. The molecule has 8 nitrogen and oxygen atoms in total. The monoisotopic (exact) mass is 437 g/mol. The Kier molecular flexibility index (Phi) is 8.03. The smallest absolute Gasteiger partial charge is 0.307 e. The summed E-state index contributed by atoms with van der Waals surface area (Å²) >= 11 is 0. The van der Waals surface area contributed by atoms with Crippen LogP contribution in [0, 0.1) is 11.8 Å². The van der Waals surface area contributed by atoms with E-state index in [9.17, 15) is 9.59 Å². The van der Waals surface area contributed by atoms with Crippen LogP contribution in [0.4, 0.5) is 5.95 Å². The van der Waals surface area contributed by atoms with Crippen molar-refractivity contribution in [1.82, 2.24) is 9.97 Å². The molecule has 0 saturated heterocycles. The van der Waals surface area contributed by atoms with Crippen LogP contribution >= 0.6 is 0 Å². The highest BCUT2D eigenvalue weighted by Gasteiger charge is 2.21. The summed E-state index contributed by atoms with van der Waals surface area (Å²) in [4.78, 5) is 31.3. The second-order valence-corrected chi connectivity index (χ2v) is 7.51. The maximum atomic E-state index is 12.0. The lowest BCUT2D eigenvalue weighted by Crippen LogP contribution is -2.12. The van der Waals surface area contributed by atoms with Crippen molar-refractivity contribution < 1.29 is 23.8 Å². The number of ether oxygens (including phenoxy) is 3. The fourth-order valence-corrected chi connectivity index (χ4v) is 3.48. The van der Waals surface area contributed by atoms with Gasteiger partial charge in [0.05, 0.1) is 38.2 Å². The molecule has 168 valence electrons. The molecule has 8 heteroatoms. The average Bonchev–Trinajstić information content (AvgIpc) is 3.30. The third kappa shape index (κ3) is 6.45. The SMILES string of the molecule is COC(=O)CC(C#Cc1cnc(NC(C)=O)nc1)c1ccc(OC)c(OC2CCCC2)c1. The zero-order valence-electron chi connectivity index (χ0n) is 18.5. The number of benzene rings is 1. The summed E-state index contributed by atoms with van der Waals surface area (Å²) in [7, 11) is 2.96. The molecule has 1 N–H and O–H groups in total. The van der Waals surface area contributed by atoms with Gasteiger partial charge in [0, 0.05) is 19.3 Å². The van der Waals surface area contributed by atoms with Gasteiger partial charge in [-0.25, -0.2) is 9.97 Å². The molecule has 1 aromatic carbocycles. The predicted molar refractivity (Wildman–Crippen MR) is 118 cm³/mol. The first-order chi connectivity index (χ1) is 15.5. The average molecular weight is 437 g/mol. The molecule has 0 spiro atoms. The summed E-state index contributed by atoms with van der Waals surface area (Å²) in [5.74, 6) is 6.59. The lowest BCUT2D eigenvalue weighted by molar-refractivity contribution is -0.140. The zero-order chi connectivity index (χ0) is 22.9. The first-order valence-corrected chi connectivity index (χ1v) is 10.5. The lowest BCUT2D eigenvalue weighted by Gasteiger charge is -2.18. The molecular formula is C24H27N3O5. The van der Waals surface area contributed by atoms with Crippen LogP contribution in [0.3, 0.4) is 0 Å². The number of carbonyl (C=O) groups excluding carboxylic acids is 2. The van der Waals surface area contributed by atoms with Gasteiger partial charge in [-0.05, 0) is 43.4 Å². The number of aromatic nitrogens is 2. The number of amides is 1. The largest absolute Gasteiger partial charge is 0.493 e. The van der Waals surface area contributed by atoms with Crippen molar-refractivity contribution >= 4 is 17.8 Å². The molecule has 0 bridgehead atoms. The second kappa shape index (κ2) is 11.1. The van der Waals surface area contributed by atoms with Gasteiger partial charge in [0.25, 0.3) is 0 Å². The number of carbonyl (C=O) groups is 2. The Bertz CT molecular complexity index is 1000. The Hall–Kier alpha value is -3.60. The van der Waals surface area contributed by atoms with Gasteiger partial charge in [-0.2, -0.15) is 0 Å². The van der Waals surface area contributed by atoms with Crippen LogP contribution in [-0.4, -0.2) is 42.2 Å². The van der Waals surface area contributed by atoms with E-state index in [1.54, 1.807) is 7.11 Å². The zero-order valence-corrected chi connectivity index (χ0v) is 18.5. The Morgan fingerprint density at radius 2 is 1.88 bits per heavy atom. The Morgan fingerprint density at radius 1 is 1.16 bits per heavy atom. The van der Waals surface area contributed by atoms with Gasteiger partial charge in [-0.3, -0.25) is 14.9 Å². The van der Waals surface area contributed by atoms with Crippen LogP contribution in [0.2, 0.25) is 0 Å². The first-order valence-electron chi connectivity index (χ1n) is 10.5. The van der Waals surface area contributed by atoms with Gasteiger partial charge in [0.1, 0.15) is 0 Å². The quantitative estimate of drug-likeness (QED) is 0.523. The number of rotatable bonds is 7. The van der Waals surface area contributed by atoms with Gasteiger partial charge in [-0.15, -0.1) is 0 Å². The normalized spacial score (nSPS) is 14.1. The number of esters is 1. The Labute approximate surface area is 187 Å². The number of nitrogens with one attached hydrogen (secondary N) is 1. The van der Waals surface area contributed by atoms with E-state index < -0.39 is 5.92 Å². The van der Waals surface area contributed by atoms with Crippen LogP contribution < -0.4 is 14.8 Å². The van der Waals surface area contributed by atoms with Crippen LogP contribution in [0.1, 0.15) is 56.1 Å². The minimum absolute atomic E-state index is 0.0868. The first kappa shape index (κ1) is 23.1. The highest BCUT2D eigenvalue weighted by atomic mass is 16.5. The Morgan fingerprint density at radius 3 is 2.50 bits per heavy atom. The molecule has 1 amide bonds. The van der Waals surface area contributed by atoms with E-state index >= 15 is 0 Å². The molecule has 1 saturated carbocycles. The van der Waals surface area contributed by atoms with Gasteiger partial charge in [0.15, 0.2) is 11.5 Å². The van der Waals surface area contributed by atoms with Crippen molar-refractivity contribution in [2.45, 2.75) is 51.0 Å². The fraction of sp³-hybridized carbons (Fsp3) is 0.417. The van der Waals surface area contributed by atoms with Gasteiger partial charge < -0.3 is 14.2 Å². The number of hydrogen-bond acceptors (Lipinski definition) is 7. The van der Waals surface area contributed by atoms with E-state index in [0.717, 1.165) is 31.2 Å². The molecule has 1 aliphatic rings. The third-order valence-corrected chi connectivity index (χ3v) is 5.11. The molecule has 0 aliphatic heterocycles. The molecule has 0 radical (unpaired) electrons. The number of hydrogen-bond donors (Lipinski definition) is 1. The van der Waals surface area contributed by atoms with Crippen LogP contribution in [0.5, 0.6) is 11.5 Å². The van der Waals surface area contributed by atoms with Crippen LogP contribution in [0.25, 0.3) is 0 Å². The van der Waals surface area contributed by atoms with E-state index in [4.69, 9.17) is 14.2 Å². The summed E-state index contributed by atoms with van der Waals surface area (Å²) in [6.07, 6.45) is 7.65. The van der Waals surface area contributed by atoms with Gasteiger partial charge in [0.2, 0.25) is 11.9 Å². The number of nitrogens with zero attached hydrogens (tertiary/aromatic N) is 2. The molecular weight excluding hydrogens is 410 g/mol. The number of methoxy groups -OCH3 is 2. The molecule has 1 unspecified atom stereocenters. The van der Waals surface area contributed by atoms with Crippen molar-refractivity contribution in [2.75, 3.05) is 19.5 Å². The summed E-state index contributed by atoms with van der Waals surface area (Å²) < 4.78 is 16.5. The highest BCUT2D eigenvalue weighted by molar-refractivity contribution is 5.86. The summed E-state index contributed by atoms with van der Waals surface area (Å²) in [5, 5.41) is 2.51. The molecule has 2 aromatic rings. The van der Waals surface area contributed by atoms with Gasteiger partial charge >= 0.3 is 5.97 Å². The summed E-state index contributed by atoms with van der Waals surface area (Å²) in [6, 6.07) is 5.59. The van der Waals surface area contributed by atoms with Crippen molar-refractivity contribution in [3.63, 3.8) is 0 Å². The van der Waals surface area contributed by atoms with Crippen molar-refractivity contribution in [3.8, 4) is 23.3 Å². The Balaban J connectivity index is 1.86. The lowest BCUT2D eigenvalue weighted by atomic mass is 9.95. The van der Waals surface area contributed by atoms with E-state index in [0.29, 0.717) is 17.1 Å². The maximum Gasteiger partial charge on any atom is 0.307 e.